The van der Waals surface area contributed by atoms with E-state index in [1.807, 2.05) is 11.9 Å². The molecular formula is C22H32ClN3O4. The summed E-state index contributed by atoms with van der Waals surface area (Å²) in [5, 5.41) is 11.7. The zero-order valence-electron chi connectivity index (χ0n) is 17.6. The van der Waals surface area contributed by atoms with Crippen LogP contribution in [0.15, 0.2) is 18.2 Å². The predicted molar refractivity (Wildman–Crippen MR) is 119 cm³/mol. The van der Waals surface area contributed by atoms with Gasteiger partial charge in [0.2, 0.25) is 11.8 Å². The number of amides is 2. The van der Waals surface area contributed by atoms with E-state index in [0.717, 1.165) is 45.1 Å². The van der Waals surface area contributed by atoms with Gasteiger partial charge in [-0.2, -0.15) is 0 Å². The molecule has 0 radical (unpaired) electrons. The summed E-state index contributed by atoms with van der Waals surface area (Å²) in [5.41, 5.74) is 2.26. The molecule has 7 nitrogen and oxygen atoms in total. The van der Waals surface area contributed by atoms with E-state index in [-0.39, 0.29) is 11.8 Å². The summed E-state index contributed by atoms with van der Waals surface area (Å²) in [4.78, 5) is 25.0. The highest BCUT2D eigenvalue weighted by molar-refractivity contribution is 6.32. The van der Waals surface area contributed by atoms with Gasteiger partial charge in [0.25, 0.3) is 0 Å². The lowest BCUT2D eigenvalue weighted by Crippen LogP contribution is -2.21. The van der Waals surface area contributed by atoms with Gasteiger partial charge < -0.3 is 10.1 Å². The third-order valence-electron chi connectivity index (χ3n) is 4.45. The number of terminal acetylenes is 1. The van der Waals surface area contributed by atoms with Gasteiger partial charge in [0, 0.05) is 25.1 Å². The molecule has 30 heavy (non-hydrogen) atoms. The maximum Gasteiger partial charge on any atom is 0.243 e. The molecule has 0 saturated carbocycles. The van der Waals surface area contributed by atoms with Crippen LogP contribution in [-0.2, 0) is 9.59 Å². The SMILES string of the molecule is C#CCN(C)CCCOc1ccc(NC(=O)CCCCCCCC(=O)NO)cc1Cl. The van der Waals surface area contributed by atoms with Crippen molar-refractivity contribution in [2.24, 2.45) is 0 Å². The minimum atomic E-state index is -0.364. The van der Waals surface area contributed by atoms with Crippen LogP contribution in [0, 0.1) is 12.3 Å². The van der Waals surface area contributed by atoms with Crippen LogP contribution in [0.2, 0.25) is 5.02 Å². The maximum atomic E-state index is 12.1. The first-order chi connectivity index (χ1) is 14.5. The second kappa shape index (κ2) is 15.6. The number of carbonyl (C=O) groups excluding carboxylic acids is 2. The average molecular weight is 438 g/mol. The molecule has 0 spiro atoms. The Labute approximate surface area is 184 Å². The molecule has 3 N–H and O–H groups in total. The third-order valence-corrected chi connectivity index (χ3v) is 4.75. The van der Waals surface area contributed by atoms with E-state index in [4.69, 9.17) is 28.0 Å². The van der Waals surface area contributed by atoms with Gasteiger partial charge in [0.15, 0.2) is 0 Å². The molecule has 1 aromatic rings. The summed E-state index contributed by atoms with van der Waals surface area (Å²) >= 11 is 6.25. The fraction of sp³-hybridized carbons (Fsp3) is 0.545. The number of hydrogen-bond donors (Lipinski definition) is 3. The summed E-state index contributed by atoms with van der Waals surface area (Å²) in [7, 11) is 1.96. The van der Waals surface area contributed by atoms with Crippen LogP contribution in [0.4, 0.5) is 5.69 Å². The smallest absolute Gasteiger partial charge is 0.243 e. The van der Waals surface area contributed by atoms with Gasteiger partial charge in [-0.25, -0.2) is 5.48 Å². The van der Waals surface area contributed by atoms with Gasteiger partial charge in [0.05, 0.1) is 18.2 Å². The lowest BCUT2D eigenvalue weighted by molar-refractivity contribution is -0.129. The average Bonchev–Trinajstić information content (AvgIpc) is 2.71. The zero-order valence-corrected chi connectivity index (χ0v) is 18.3. The van der Waals surface area contributed by atoms with Crippen LogP contribution in [0.1, 0.15) is 51.4 Å². The number of hydrogen-bond acceptors (Lipinski definition) is 5. The highest BCUT2D eigenvalue weighted by Gasteiger charge is 2.07. The molecule has 0 aliphatic heterocycles. The molecule has 0 bridgehead atoms. The van der Waals surface area contributed by atoms with Gasteiger partial charge >= 0.3 is 0 Å². The van der Waals surface area contributed by atoms with E-state index in [2.05, 4.69) is 11.2 Å². The second-order valence-corrected chi connectivity index (χ2v) is 7.55. The molecule has 166 valence electrons. The standard InChI is InChI=1S/C22H32ClN3O4/c1-3-14-26(2)15-9-16-30-20-13-12-18(17-19(20)23)24-21(27)10-7-5-4-6-8-11-22(28)25-29/h1,12-13,17,29H,4-11,14-16H2,2H3,(H,24,27)(H,25,28). The summed E-state index contributed by atoms with van der Waals surface area (Å²) in [6.07, 6.45) is 11.1. The Kier molecular flexibility index (Phi) is 13.4. The first kappa shape index (κ1) is 25.8. The highest BCUT2D eigenvalue weighted by atomic mass is 35.5. The Morgan fingerprint density at radius 1 is 1.13 bits per heavy atom. The Morgan fingerprint density at radius 3 is 2.43 bits per heavy atom. The van der Waals surface area contributed by atoms with E-state index in [1.54, 1.807) is 23.7 Å². The maximum absolute atomic E-state index is 12.1. The molecule has 1 rings (SSSR count). The minimum Gasteiger partial charge on any atom is -0.492 e. The van der Waals surface area contributed by atoms with E-state index in [9.17, 15) is 9.59 Å². The first-order valence-corrected chi connectivity index (χ1v) is 10.6. The number of carbonyl (C=O) groups is 2. The van der Waals surface area contributed by atoms with Gasteiger partial charge in [-0.1, -0.05) is 36.8 Å². The molecule has 0 aliphatic carbocycles. The molecule has 0 aromatic heterocycles. The number of halogens is 1. The van der Waals surface area contributed by atoms with Crippen LogP contribution >= 0.6 is 11.6 Å². The number of rotatable bonds is 15. The lowest BCUT2D eigenvalue weighted by Gasteiger charge is -2.14. The van der Waals surface area contributed by atoms with Crippen LogP contribution < -0.4 is 15.5 Å². The summed E-state index contributed by atoms with van der Waals surface area (Å²) in [6, 6.07) is 5.22. The Bertz CT molecular complexity index is 706. The van der Waals surface area contributed by atoms with E-state index >= 15 is 0 Å². The molecule has 0 heterocycles. The van der Waals surface area contributed by atoms with Crippen molar-refractivity contribution in [3.63, 3.8) is 0 Å². The molecule has 1 aromatic carbocycles. The number of nitrogens with zero attached hydrogens (tertiary/aromatic N) is 1. The van der Waals surface area contributed by atoms with Gasteiger partial charge in [-0.15, -0.1) is 6.42 Å². The van der Waals surface area contributed by atoms with Crippen molar-refractivity contribution in [3.8, 4) is 18.1 Å². The van der Waals surface area contributed by atoms with Crippen molar-refractivity contribution in [1.82, 2.24) is 10.4 Å². The first-order valence-electron chi connectivity index (χ1n) is 10.2. The van der Waals surface area contributed by atoms with Crippen molar-refractivity contribution in [1.29, 1.82) is 0 Å². The number of unbranched alkanes of at least 4 members (excludes halogenated alkanes) is 4. The molecule has 0 saturated heterocycles. The minimum absolute atomic E-state index is 0.0593. The quantitative estimate of drug-likeness (QED) is 0.168. The van der Waals surface area contributed by atoms with Crippen LogP contribution in [0.3, 0.4) is 0 Å². The molecule has 0 unspecified atom stereocenters. The molecule has 0 atom stereocenters. The highest BCUT2D eigenvalue weighted by Crippen LogP contribution is 2.28. The van der Waals surface area contributed by atoms with Crippen LogP contribution in [0.25, 0.3) is 0 Å². The van der Waals surface area contributed by atoms with Gasteiger partial charge in [-0.3, -0.25) is 19.7 Å². The zero-order chi connectivity index (χ0) is 22.2. The topological polar surface area (TPSA) is 90.9 Å². The molecule has 2 amide bonds. The van der Waals surface area contributed by atoms with E-state index < -0.39 is 0 Å². The van der Waals surface area contributed by atoms with Crippen molar-refractivity contribution in [2.75, 3.05) is 32.1 Å². The number of ether oxygens (including phenoxy) is 1. The lowest BCUT2D eigenvalue weighted by atomic mass is 10.1. The molecular weight excluding hydrogens is 406 g/mol. The Hall–Kier alpha value is -2.27. The van der Waals surface area contributed by atoms with E-state index in [0.29, 0.717) is 42.5 Å². The fourth-order valence-corrected chi connectivity index (χ4v) is 3.06. The number of benzene rings is 1. The van der Waals surface area contributed by atoms with Crippen molar-refractivity contribution in [3.05, 3.63) is 23.2 Å². The van der Waals surface area contributed by atoms with E-state index in [1.165, 1.54) is 0 Å². The fourth-order valence-electron chi connectivity index (χ4n) is 2.83. The van der Waals surface area contributed by atoms with Gasteiger partial charge in [-0.05, 0) is 44.5 Å². The van der Waals surface area contributed by atoms with Crippen molar-refractivity contribution >= 4 is 29.1 Å². The molecule has 0 fully saturated rings. The third kappa shape index (κ3) is 11.7. The largest absolute Gasteiger partial charge is 0.492 e. The number of nitrogens with one attached hydrogen (secondary N) is 2. The molecule has 8 heteroatoms. The summed E-state index contributed by atoms with van der Waals surface area (Å²) in [5.74, 6) is 2.76. The summed E-state index contributed by atoms with van der Waals surface area (Å²) < 4.78 is 5.70. The monoisotopic (exact) mass is 437 g/mol. The Morgan fingerprint density at radius 2 is 1.80 bits per heavy atom. The van der Waals surface area contributed by atoms with Crippen LogP contribution in [0.5, 0.6) is 5.75 Å². The number of hydroxylamine groups is 1. The second-order valence-electron chi connectivity index (χ2n) is 7.14. The number of anilines is 1. The van der Waals surface area contributed by atoms with Crippen molar-refractivity contribution < 1.29 is 19.5 Å². The predicted octanol–water partition coefficient (Wildman–Crippen LogP) is 3.85. The van der Waals surface area contributed by atoms with Crippen molar-refractivity contribution in [2.45, 2.75) is 51.4 Å². The van der Waals surface area contributed by atoms with Crippen LogP contribution in [-0.4, -0.2) is 48.7 Å². The van der Waals surface area contributed by atoms with Gasteiger partial charge in [0.1, 0.15) is 5.75 Å². The Balaban J connectivity index is 2.22. The normalized spacial score (nSPS) is 10.5. The summed E-state index contributed by atoms with van der Waals surface area (Å²) in [6.45, 7) is 1.98. The molecule has 0 aliphatic rings.